The molecule has 0 radical (unpaired) electrons. The lowest BCUT2D eigenvalue weighted by molar-refractivity contribution is 0.0239. The lowest BCUT2D eigenvalue weighted by atomic mass is 9.85. The van der Waals surface area contributed by atoms with Crippen LogP contribution in [0.25, 0.3) is 0 Å². The van der Waals surface area contributed by atoms with Crippen molar-refractivity contribution in [3.63, 3.8) is 0 Å². The monoisotopic (exact) mass is 146 g/mol. The number of hydrogen-bond acceptors (Lipinski definition) is 1. The van der Waals surface area contributed by atoms with Crippen LogP contribution in [-0.2, 0) is 0 Å². The molecule has 0 saturated heterocycles. The van der Waals surface area contributed by atoms with E-state index in [1.807, 2.05) is 0 Å². The van der Waals surface area contributed by atoms with Crippen LogP contribution in [0.4, 0.5) is 4.39 Å². The molecule has 2 heteroatoms. The number of halogens is 1. The molecule has 1 rings (SSSR count). The Morgan fingerprint density at radius 3 is 2.70 bits per heavy atom. The highest BCUT2D eigenvalue weighted by molar-refractivity contribution is 4.78. The van der Waals surface area contributed by atoms with Gasteiger partial charge in [0.1, 0.15) is 6.17 Å². The number of hydrogen-bond donors (Lipinski definition) is 1. The first kappa shape index (κ1) is 7.99. The van der Waals surface area contributed by atoms with Crippen molar-refractivity contribution in [3.05, 3.63) is 0 Å². The van der Waals surface area contributed by atoms with Crippen molar-refractivity contribution in [1.82, 2.24) is 0 Å². The molecule has 10 heavy (non-hydrogen) atoms. The topological polar surface area (TPSA) is 20.2 Å². The van der Waals surface area contributed by atoms with Gasteiger partial charge >= 0.3 is 0 Å². The Morgan fingerprint density at radius 2 is 2.20 bits per heavy atom. The molecule has 1 aliphatic rings. The van der Waals surface area contributed by atoms with Gasteiger partial charge in [-0.3, -0.25) is 0 Å². The molecule has 0 aromatic carbocycles. The summed E-state index contributed by atoms with van der Waals surface area (Å²) >= 11 is 0. The van der Waals surface area contributed by atoms with Gasteiger partial charge in [-0.15, -0.1) is 0 Å². The number of alkyl halides is 1. The van der Waals surface area contributed by atoms with Gasteiger partial charge < -0.3 is 5.11 Å². The minimum absolute atomic E-state index is 0.512. The minimum atomic E-state index is -0.960. The fourth-order valence-corrected chi connectivity index (χ4v) is 1.55. The van der Waals surface area contributed by atoms with Gasteiger partial charge in [0.25, 0.3) is 0 Å². The van der Waals surface area contributed by atoms with E-state index in [9.17, 15) is 4.39 Å². The summed E-state index contributed by atoms with van der Waals surface area (Å²) in [5, 5.41) is 9.02. The molecule has 0 bridgehead atoms. The van der Waals surface area contributed by atoms with E-state index >= 15 is 0 Å². The third-order valence-electron chi connectivity index (χ3n) is 2.42. The standard InChI is InChI=1S/C8H15FO/c1-2-6-3-4-8(10)7(9)5-6/h6-8,10H,2-5H2,1H3/t6-,7?,8-/m1/s1. The van der Waals surface area contributed by atoms with Gasteiger partial charge in [0.15, 0.2) is 0 Å². The molecular formula is C8H15FO. The van der Waals surface area contributed by atoms with Crippen molar-refractivity contribution in [2.75, 3.05) is 0 Å². The van der Waals surface area contributed by atoms with E-state index < -0.39 is 12.3 Å². The number of rotatable bonds is 1. The lowest BCUT2D eigenvalue weighted by Gasteiger charge is -2.27. The van der Waals surface area contributed by atoms with Crippen molar-refractivity contribution in [1.29, 1.82) is 0 Å². The first-order valence-electron chi connectivity index (χ1n) is 4.06. The Kier molecular flexibility index (Phi) is 2.66. The summed E-state index contributed by atoms with van der Waals surface area (Å²) in [7, 11) is 0. The van der Waals surface area contributed by atoms with Crippen LogP contribution in [0.15, 0.2) is 0 Å². The van der Waals surface area contributed by atoms with Crippen LogP contribution in [0.2, 0.25) is 0 Å². The number of aliphatic hydroxyl groups excluding tert-OH is 1. The largest absolute Gasteiger partial charge is 0.390 e. The molecule has 60 valence electrons. The predicted octanol–water partition coefficient (Wildman–Crippen LogP) is 1.90. The van der Waals surface area contributed by atoms with E-state index in [-0.39, 0.29) is 0 Å². The zero-order valence-electron chi connectivity index (χ0n) is 6.39. The normalized spacial score (nSPS) is 41.7. The first-order valence-corrected chi connectivity index (χ1v) is 4.06. The average molecular weight is 146 g/mol. The first-order chi connectivity index (χ1) is 4.74. The van der Waals surface area contributed by atoms with Crippen molar-refractivity contribution in [2.45, 2.75) is 44.9 Å². The molecule has 0 aromatic rings. The summed E-state index contributed by atoms with van der Waals surface area (Å²) < 4.78 is 12.8. The summed E-state index contributed by atoms with van der Waals surface area (Å²) in [5.74, 6) is 0.512. The summed E-state index contributed by atoms with van der Waals surface area (Å²) in [6, 6.07) is 0. The van der Waals surface area contributed by atoms with E-state index in [4.69, 9.17) is 5.11 Å². The van der Waals surface area contributed by atoms with Crippen LogP contribution in [0.5, 0.6) is 0 Å². The molecule has 0 heterocycles. The Bertz CT molecular complexity index is 105. The summed E-state index contributed by atoms with van der Waals surface area (Å²) in [5.41, 5.74) is 0. The molecular weight excluding hydrogens is 131 g/mol. The van der Waals surface area contributed by atoms with E-state index in [0.29, 0.717) is 18.8 Å². The second kappa shape index (κ2) is 3.33. The average Bonchev–Trinajstić information content (AvgIpc) is 1.95. The Balaban J connectivity index is 2.33. The molecule has 1 nitrogen and oxygen atoms in total. The highest BCUT2D eigenvalue weighted by atomic mass is 19.1. The van der Waals surface area contributed by atoms with Crippen molar-refractivity contribution in [2.24, 2.45) is 5.92 Å². The quantitative estimate of drug-likeness (QED) is 0.599. The summed E-state index contributed by atoms with van der Waals surface area (Å²) in [6.45, 7) is 2.08. The molecule has 1 saturated carbocycles. The number of aliphatic hydroxyl groups is 1. The van der Waals surface area contributed by atoms with Gasteiger partial charge in [0, 0.05) is 0 Å². The second-order valence-corrected chi connectivity index (χ2v) is 3.17. The van der Waals surface area contributed by atoms with Gasteiger partial charge in [-0.2, -0.15) is 0 Å². The SMILES string of the molecule is CC[C@@H]1CC[C@@H](O)C(F)C1. The molecule has 0 aliphatic heterocycles. The summed E-state index contributed by atoms with van der Waals surface area (Å²) in [6.07, 6.45) is 1.63. The van der Waals surface area contributed by atoms with Crippen LogP contribution >= 0.6 is 0 Å². The predicted molar refractivity (Wildman–Crippen MR) is 38.5 cm³/mol. The van der Waals surface area contributed by atoms with Crippen molar-refractivity contribution >= 4 is 0 Å². The molecule has 1 aliphatic carbocycles. The second-order valence-electron chi connectivity index (χ2n) is 3.17. The third kappa shape index (κ3) is 1.69. The van der Waals surface area contributed by atoms with Crippen LogP contribution in [0.3, 0.4) is 0 Å². The lowest BCUT2D eigenvalue weighted by Crippen LogP contribution is -2.30. The van der Waals surface area contributed by atoms with Crippen LogP contribution in [-0.4, -0.2) is 17.4 Å². The highest BCUT2D eigenvalue weighted by Crippen LogP contribution is 2.28. The highest BCUT2D eigenvalue weighted by Gasteiger charge is 2.27. The Labute approximate surface area is 61.2 Å². The zero-order chi connectivity index (χ0) is 7.56. The maximum Gasteiger partial charge on any atom is 0.126 e. The van der Waals surface area contributed by atoms with Gasteiger partial charge in [-0.25, -0.2) is 4.39 Å². The zero-order valence-corrected chi connectivity index (χ0v) is 6.39. The van der Waals surface area contributed by atoms with E-state index in [1.54, 1.807) is 0 Å². The minimum Gasteiger partial charge on any atom is -0.390 e. The molecule has 0 spiro atoms. The van der Waals surface area contributed by atoms with Crippen molar-refractivity contribution in [3.8, 4) is 0 Å². The van der Waals surface area contributed by atoms with Gasteiger partial charge in [0.2, 0.25) is 0 Å². The summed E-state index contributed by atoms with van der Waals surface area (Å²) in [4.78, 5) is 0. The molecule has 3 atom stereocenters. The van der Waals surface area contributed by atoms with E-state index in [2.05, 4.69) is 6.92 Å². The van der Waals surface area contributed by atoms with Crippen molar-refractivity contribution < 1.29 is 9.50 Å². The Morgan fingerprint density at radius 1 is 1.50 bits per heavy atom. The van der Waals surface area contributed by atoms with Crippen LogP contribution in [0.1, 0.15) is 32.6 Å². The Hall–Kier alpha value is -0.110. The fourth-order valence-electron chi connectivity index (χ4n) is 1.55. The van der Waals surface area contributed by atoms with Crippen LogP contribution < -0.4 is 0 Å². The molecule has 1 N–H and O–H groups in total. The van der Waals surface area contributed by atoms with Gasteiger partial charge in [0.05, 0.1) is 6.10 Å². The smallest absolute Gasteiger partial charge is 0.126 e. The van der Waals surface area contributed by atoms with E-state index in [0.717, 1.165) is 12.8 Å². The fraction of sp³-hybridized carbons (Fsp3) is 1.00. The molecule has 0 aromatic heterocycles. The third-order valence-corrected chi connectivity index (χ3v) is 2.42. The van der Waals surface area contributed by atoms with E-state index in [1.165, 1.54) is 0 Å². The maximum absolute atomic E-state index is 12.8. The van der Waals surface area contributed by atoms with Gasteiger partial charge in [-0.05, 0) is 25.2 Å². The maximum atomic E-state index is 12.8. The van der Waals surface area contributed by atoms with Gasteiger partial charge in [-0.1, -0.05) is 13.3 Å². The molecule has 1 unspecified atom stereocenters. The molecule has 0 amide bonds. The molecule has 1 fully saturated rings. The van der Waals surface area contributed by atoms with Crippen LogP contribution in [0, 0.1) is 5.92 Å².